The fourth-order valence-electron chi connectivity index (χ4n) is 3.65. The van der Waals surface area contributed by atoms with E-state index in [2.05, 4.69) is 18.9 Å². The first-order valence-electron chi connectivity index (χ1n) is 7.56. The summed E-state index contributed by atoms with van der Waals surface area (Å²) in [7, 11) is 0. The van der Waals surface area contributed by atoms with Crippen molar-refractivity contribution < 1.29 is 5.11 Å². The van der Waals surface area contributed by atoms with E-state index in [4.69, 9.17) is 11.6 Å². The van der Waals surface area contributed by atoms with Crippen LogP contribution in [-0.2, 0) is 19.4 Å². The third-order valence-electron chi connectivity index (χ3n) is 4.92. The van der Waals surface area contributed by atoms with Gasteiger partial charge in [0, 0.05) is 13.0 Å². The number of rotatable bonds is 5. The van der Waals surface area contributed by atoms with E-state index in [0.29, 0.717) is 12.3 Å². The summed E-state index contributed by atoms with van der Waals surface area (Å²) in [6.07, 6.45) is 5.08. The second-order valence-corrected chi connectivity index (χ2v) is 6.51. The molecule has 2 aliphatic rings. The van der Waals surface area contributed by atoms with E-state index in [1.54, 1.807) is 0 Å². The van der Waals surface area contributed by atoms with Crippen LogP contribution >= 0.6 is 11.6 Å². The number of nitrogens with zero attached hydrogens (tertiary/aromatic N) is 2. The molecule has 2 saturated carbocycles. The molecule has 3 atom stereocenters. The molecule has 1 N–H and O–H groups in total. The molecule has 2 aliphatic carbocycles. The van der Waals surface area contributed by atoms with Crippen molar-refractivity contribution >= 4 is 11.6 Å². The lowest BCUT2D eigenvalue weighted by Gasteiger charge is -2.20. The quantitative estimate of drug-likeness (QED) is 0.901. The summed E-state index contributed by atoms with van der Waals surface area (Å²) < 4.78 is 1.96. The SMILES string of the molecule is CCc1nn(CC)c(CC(O)C2CC3CC3C2)c1Cl. The normalized spacial score (nSPS) is 30.4. The fraction of sp³-hybridized carbons (Fsp3) is 0.800. The van der Waals surface area contributed by atoms with Gasteiger partial charge in [-0.1, -0.05) is 18.5 Å². The highest BCUT2D eigenvalue weighted by atomic mass is 35.5. The number of aromatic nitrogens is 2. The van der Waals surface area contributed by atoms with Crippen molar-refractivity contribution in [3.8, 4) is 0 Å². The predicted octanol–water partition coefficient (Wildman–Crippen LogP) is 3.07. The molecule has 0 aromatic carbocycles. The molecule has 0 aliphatic heterocycles. The van der Waals surface area contributed by atoms with Crippen LogP contribution < -0.4 is 0 Å². The summed E-state index contributed by atoms with van der Waals surface area (Å²) in [6, 6.07) is 0. The van der Waals surface area contributed by atoms with Gasteiger partial charge in [0.05, 0.1) is 22.5 Å². The van der Waals surface area contributed by atoms with Gasteiger partial charge in [-0.25, -0.2) is 0 Å². The van der Waals surface area contributed by atoms with Crippen LogP contribution in [0.5, 0.6) is 0 Å². The minimum Gasteiger partial charge on any atom is -0.392 e. The first-order chi connectivity index (χ1) is 9.13. The molecule has 1 aromatic heterocycles. The maximum Gasteiger partial charge on any atom is 0.0850 e. The Morgan fingerprint density at radius 1 is 1.32 bits per heavy atom. The van der Waals surface area contributed by atoms with Gasteiger partial charge >= 0.3 is 0 Å². The molecule has 3 unspecified atom stereocenters. The molecular formula is C15H23ClN2O. The van der Waals surface area contributed by atoms with Crippen molar-refractivity contribution in [1.82, 2.24) is 9.78 Å². The van der Waals surface area contributed by atoms with Crippen LogP contribution in [0.4, 0.5) is 0 Å². The molecule has 2 fully saturated rings. The first-order valence-corrected chi connectivity index (χ1v) is 7.93. The average Bonchev–Trinajstić information content (AvgIpc) is 2.90. The van der Waals surface area contributed by atoms with E-state index in [0.717, 1.165) is 41.2 Å². The van der Waals surface area contributed by atoms with Crippen LogP contribution in [0, 0.1) is 17.8 Å². The minimum atomic E-state index is -0.253. The van der Waals surface area contributed by atoms with Crippen molar-refractivity contribution in [3.05, 3.63) is 16.4 Å². The lowest BCUT2D eigenvalue weighted by atomic mass is 9.93. The van der Waals surface area contributed by atoms with Crippen molar-refractivity contribution in [2.75, 3.05) is 0 Å². The van der Waals surface area contributed by atoms with E-state index in [1.165, 1.54) is 19.3 Å². The van der Waals surface area contributed by atoms with Crippen LogP contribution in [0.1, 0.15) is 44.5 Å². The molecule has 0 saturated heterocycles. The van der Waals surface area contributed by atoms with E-state index < -0.39 is 0 Å². The highest BCUT2D eigenvalue weighted by molar-refractivity contribution is 6.31. The first kappa shape index (κ1) is 13.4. The zero-order chi connectivity index (χ0) is 13.6. The number of aryl methyl sites for hydroxylation is 2. The number of aliphatic hydroxyl groups is 1. The second kappa shape index (κ2) is 5.10. The number of fused-ring (bicyclic) bond motifs is 1. The van der Waals surface area contributed by atoms with Gasteiger partial charge in [0.25, 0.3) is 0 Å². The molecule has 0 bridgehead atoms. The molecule has 1 heterocycles. The van der Waals surface area contributed by atoms with Crippen molar-refractivity contribution in [2.45, 2.75) is 58.6 Å². The molecular weight excluding hydrogens is 260 g/mol. The molecule has 4 heteroatoms. The topological polar surface area (TPSA) is 38.0 Å². The fourth-order valence-corrected chi connectivity index (χ4v) is 4.00. The summed E-state index contributed by atoms with van der Waals surface area (Å²) >= 11 is 6.40. The highest BCUT2D eigenvalue weighted by Gasteiger charge is 2.47. The van der Waals surface area contributed by atoms with Gasteiger partial charge in [-0.2, -0.15) is 5.10 Å². The zero-order valence-electron chi connectivity index (χ0n) is 11.8. The summed E-state index contributed by atoms with van der Waals surface area (Å²) in [6.45, 7) is 4.96. The molecule has 3 rings (SSSR count). The van der Waals surface area contributed by atoms with Gasteiger partial charge in [-0.3, -0.25) is 4.68 Å². The van der Waals surface area contributed by atoms with Gasteiger partial charge in [-0.15, -0.1) is 0 Å². The Morgan fingerprint density at radius 3 is 2.58 bits per heavy atom. The standard InChI is InChI=1S/C15H23ClN2O/c1-3-12-15(16)13(18(4-2)17-12)8-14(19)11-6-9-5-10(9)7-11/h9-11,14,19H,3-8H2,1-2H3. The third kappa shape index (κ3) is 2.43. The van der Waals surface area contributed by atoms with E-state index in [9.17, 15) is 5.11 Å². The highest BCUT2D eigenvalue weighted by Crippen LogP contribution is 2.55. The van der Waals surface area contributed by atoms with E-state index in [-0.39, 0.29) is 6.10 Å². The lowest BCUT2D eigenvalue weighted by molar-refractivity contribution is 0.102. The van der Waals surface area contributed by atoms with Crippen LogP contribution in [0.3, 0.4) is 0 Å². The number of hydrogen-bond acceptors (Lipinski definition) is 2. The molecule has 0 amide bonds. The molecule has 1 aromatic rings. The summed E-state index contributed by atoms with van der Waals surface area (Å²) in [5.41, 5.74) is 1.98. The van der Waals surface area contributed by atoms with Crippen molar-refractivity contribution in [3.63, 3.8) is 0 Å². The summed E-state index contributed by atoms with van der Waals surface area (Å²) in [5, 5.41) is 15.8. The van der Waals surface area contributed by atoms with Crippen LogP contribution in [0.25, 0.3) is 0 Å². The molecule has 19 heavy (non-hydrogen) atoms. The Hall–Kier alpha value is -0.540. The Balaban J connectivity index is 1.72. The van der Waals surface area contributed by atoms with Gasteiger partial charge < -0.3 is 5.11 Å². The molecule has 0 radical (unpaired) electrons. The Bertz CT molecular complexity index is 461. The van der Waals surface area contributed by atoms with Crippen molar-refractivity contribution in [1.29, 1.82) is 0 Å². The number of aliphatic hydroxyl groups excluding tert-OH is 1. The average molecular weight is 283 g/mol. The predicted molar refractivity (Wildman–Crippen MR) is 76.3 cm³/mol. The van der Waals surface area contributed by atoms with Crippen LogP contribution in [0.2, 0.25) is 5.02 Å². The third-order valence-corrected chi connectivity index (χ3v) is 5.36. The van der Waals surface area contributed by atoms with Gasteiger partial charge in [-0.05, 0) is 50.4 Å². The number of hydrogen-bond donors (Lipinski definition) is 1. The van der Waals surface area contributed by atoms with Gasteiger partial charge in [0.1, 0.15) is 0 Å². The summed E-state index contributed by atoms with van der Waals surface area (Å²) in [5.74, 6) is 2.31. The molecule has 106 valence electrons. The monoisotopic (exact) mass is 282 g/mol. The second-order valence-electron chi connectivity index (χ2n) is 6.14. The van der Waals surface area contributed by atoms with Crippen LogP contribution in [-0.4, -0.2) is 21.0 Å². The lowest BCUT2D eigenvalue weighted by Crippen LogP contribution is -2.23. The number of halogens is 1. The van der Waals surface area contributed by atoms with Gasteiger partial charge in [0.15, 0.2) is 0 Å². The molecule has 0 spiro atoms. The zero-order valence-corrected chi connectivity index (χ0v) is 12.5. The summed E-state index contributed by atoms with van der Waals surface area (Å²) in [4.78, 5) is 0. The maximum absolute atomic E-state index is 10.5. The van der Waals surface area contributed by atoms with Gasteiger partial charge in [0.2, 0.25) is 0 Å². The maximum atomic E-state index is 10.5. The van der Waals surface area contributed by atoms with E-state index >= 15 is 0 Å². The largest absolute Gasteiger partial charge is 0.392 e. The smallest absolute Gasteiger partial charge is 0.0850 e. The van der Waals surface area contributed by atoms with Crippen molar-refractivity contribution in [2.24, 2.45) is 17.8 Å². The minimum absolute atomic E-state index is 0.253. The van der Waals surface area contributed by atoms with Crippen LogP contribution in [0.15, 0.2) is 0 Å². The Morgan fingerprint density at radius 2 is 2.00 bits per heavy atom. The molecule has 3 nitrogen and oxygen atoms in total. The Labute approximate surface area is 120 Å². The van der Waals surface area contributed by atoms with E-state index in [1.807, 2.05) is 4.68 Å². The Kier molecular flexibility index (Phi) is 3.61.